The van der Waals surface area contributed by atoms with E-state index in [1.54, 1.807) is 13.0 Å². The molecule has 10 heteroatoms. The number of hydrogen-bond acceptors (Lipinski definition) is 6. The molecule has 0 radical (unpaired) electrons. The van der Waals surface area contributed by atoms with Crippen molar-refractivity contribution in [2.45, 2.75) is 50.2 Å². The number of amides is 1. The zero-order chi connectivity index (χ0) is 24.3. The van der Waals surface area contributed by atoms with Crippen molar-refractivity contribution in [1.29, 1.82) is 0 Å². The molecule has 2 aromatic rings. The standard InChI is InChI=1S/C24H29FN2O6S/c1-2-32-24(29)21-8-9-22(33-21)34(30,31)26-13-10-18(11-14-26)23(28)27-12-4-7-20(27)16-17-5-3-6-19(25)15-17/h3,5-6,8-9,15,18,20H,2,4,7,10-14,16H2,1H3. The van der Waals surface area contributed by atoms with Gasteiger partial charge in [-0.25, -0.2) is 17.6 Å². The van der Waals surface area contributed by atoms with Gasteiger partial charge in [-0.2, -0.15) is 4.31 Å². The van der Waals surface area contributed by atoms with Crippen molar-refractivity contribution >= 4 is 21.9 Å². The molecule has 2 aliphatic heterocycles. The summed E-state index contributed by atoms with van der Waals surface area (Å²) in [6, 6.07) is 9.02. The van der Waals surface area contributed by atoms with Crippen LogP contribution < -0.4 is 0 Å². The minimum Gasteiger partial charge on any atom is -0.460 e. The number of carbonyl (C=O) groups excluding carboxylic acids is 2. The first-order chi connectivity index (χ1) is 16.3. The van der Waals surface area contributed by atoms with E-state index in [2.05, 4.69) is 0 Å². The highest BCUT2D eigenvalue weighted by Crippen LogP contribution is 2.30. The molecule has 2 saturated heterocycles. The van der Waals surface area contributed by atoms with Crippen molar-refractivity contribution in [3.63, 3.8) is 0 Å². The van der Waals surface area contributed by atoms with Crippen molar-refractivity contribution in [2.75, 3.05) is 26.2 Å². The summed E-state index contributed by atoms with van der Waals surface area (Å²) in [6.45, 7) is 2.85. The minimum absolute atomic E-state index is 0.0282. The summed E-state index contributed by atoms with van der Waals surface area (Å²) >= 11 is 0. The second-order valence-corrected chi connectivity index (χ2v) is 10.5. The number of ether oxygens (including phenoxy) is 1. The first kappa shape index (κ1) is 24.4. The molecule has 1 aromatic carbocycles. The minimum atomic E-state index is -3.91. The third kappa shape index (κ3) is 5.17. The first-order valence-electron chi connectivity index (χ1n) is 11.6. The highest BCUT2D eigenvalue weighted by atomic mass is 32.2. The first-order valence-corrected chi connectivity index (χ1v) is 13.1. The molecule has 0 saturated carbocycles. The van der Waals surface area contributed by atoms with E-state index in [-0.39, 0.29) is 54.2 Å². The van der Waals surface area contributed by atoms with Crippen LogP contribution in [0.25, 0.3) is 0 Å². The molecule has 3 heterocycles. The Morgan fingerprint density at radius 2 is 1.88 bits per heavy atom. The molecule has 0 spiro atoms. The maximum absolute atomic E-state index is 13.6. The summed E-state index contributed by atoms with van der Waals surface area (Å²) in [6.07, 6.45) is 3.20. The van der Waals surface area contributed by atoms with Crippen molar-refractivity contribution in [2.24, 2.45) is 5.92 Å². The van der Waals surface area contributed by atoms with E-state index in [9.17, 15) is 22.4 Å². The van der Waals surface area contributed by atoms with Crippen LogP contribution in [0.3, 0.4) is 0 Å². The van der Waals surface area contributed by atoms with Gasteiger partial charge < -0.3 is 14.1 Å². The summed E-state index contributed by atoms with van der Waals surface area (Å²) in [4.78, 5) is 26.9. The quantitative estimate of drug-likeness (QED) is 0.551. The van der Waals surface area contributed by atoms with Crippen molar-refractivity contribution in [3.05, 3.63) is 53.5 Å². The fourth-order valence-corrected chi connectivity index (χ4v) is 6.13. The van der Waals surface area contributed by atoms with Gasteiger partial charge in [0.05, 0.1) is 6.61 Å². The van der Waals surface area contributed by atoms with E-state index in [0.717, 1.165) is 18.4 Å². The molecule has 2 aliphatic rings. The van der Waals surface area contributed by atoms with Gasteiger partial charge in [-0.1, -0.05) is 12.1 Å². The number of esters is 1. The number of rotatable bonds is 7. The lowest BCUT2D eigenvalue weighted by atomic mass is 9.95. The molecule has 1 amide bonds. The van der Waals surface area contributed by atoms with Gasteiger partial charge in [0.1, 0.15) is 5.82 Å². The number of nitrogens with zero attached hydrogens (tertiary/aromatic N) is 2. The second kappa shape index (κ2) is 10.3. The zero-order valence-electron chi connectivity index (χ0n) is 19.1. The largest absolute Gasteiger partial charge is 0.460 e. The fourth-order valence-electron chi connectivity index (χ4n) is 4.75. The molecule has 0 bridgehead atoms. The van der Waals surface area contributed by atoms with Crippen LogP contribution in [-0.4, -0.2) is 61.8 Å². The lowest BCUT2D eigenvalue weighted by Crippen LogP contribution is -2.46. The molecular formula is C24H29FN2O6S. The fraction of sp³-hybridized carbons (Fsp3) is 0.500. The molecule has 1 unspecified atom stereocenters. The Bertz CT molecular complexity index is 1140. The molecule has 1 atom stereocenters. The van der Waals surface area contributed by atoms with Gasteiger partial charge in [0.2, 0.25) is 16.8 Å². The van der Waals surface area contributed by atoms with Crippen molar-refractivity contribution in [1.82, 2.24) is 9.21 Å². The van der Waals surface area contributed by atoms with Gasteiger partial charge in [-0.3, -0.25) is 4.79 Å². The molecule has 8 nitrogen and oxygen atoms in total. The lowest BCUT2D eigenvalue weighted by Gasteiger charge is -2.34. The van der Waals surface area contributed by atoms with Gasteiger partial charge in [0, 0.05) is 31.6 Å². The number of sulfonamides is 1. The predicted octanol–water partition coefficient (Wildman–Crippen LogP) is 3.23. The Balaban J connectivity index is 1.36. The van der Waals surface area contributed by atoms with Gasteiger partial charge in [-0.15, -0.1) is 0 Å². The highest BCUT2D eigenvalue weighted by molar-refractivity contribution is 7.89. The molecule has 4 rings (SSSR count). The van der Waals surface area contributed by atoms with Gasteiger partial charge >= 0.3 is 5.97 Å². The average molecular weight is 493 g/mol. The van der Waals surface area contributed by atoms with Crippen LogP contribution >= 0.6 is 0 Å². The van der Waals surface area contributed by atoms with Crippen LogP contribution in [0.15, 0.2) is 45.9 Å². The molecule has 0 aliphatic carbocycles. The molecule has 1 aromatic heterocycles. The third-order valence-electron chi connectivity index (χ3n) is 6.48. The monoisotopic (exact) mass is 492 g/mol. The summed E-state index contributed by atoms with van der Waals surface area (Å²) in [5, 5.41) is -0.310. The maximum atomic E-state index is 13.6. The molecule has 34 heavy (non-hydrogen) atoms. The summed E-state index contributed by atoms with van der Waals surface area (Å²) in [5.74, 6) is -1.38. The van der Waals surface area contributed by atoms with Gasteiger partial charge in [0.25, 0.3) is 10.0 Å². The number of furan rings is 1. The van der Waals surface area contributed by atoms with E-state index in [1.165, 1.54) is 28.6 Å². The second-order valence-electron chi connectivity index (χ2n) is 8.68. The Hall–Kier alpha value is -2.72. The molecule has 2 fully saturated rings. The summed E-state index contributed by atoms with van der Waals surface area (Å²) in [5.41, 5.74) is 0.867. The van der Waals surface area contributed by atoms with Crippen LogP contribution in [0.5, 0.6) is 0 Å². The smallest absolute Gasteiger partial charge is 0.374 e. The topological polar surface area (TPSA) is 97.1 Å². The molecular weight excluding hydrogens is 463 g/mol. The number of hydrogen-bond donors (Lipinski definition) is 0. The third-order valence-corrected chi connectivity index (χ3v) is 8.25. The van der Waals surface area contributed by atoms with Crippen LogP contribution in [0.2, 0.25) is 0 Å². The summed E-state index contributed by atoms with van der Waals surface area (Å²) in [7, 11) is -3.91. The van der Waals surface area contributed by atoms with Crippen molar-refractivity contribution in [3.8, 4) is 0 Å². The lowest BCUT2D eigenvalue weighted by molar-refractivity contribution is -0.137. The number of carbonyl (C=O) groups is 2. The Morgan fingerprint density at radius 1 is 1.12 bits per heavy atom. The van der Waals surface area contributed by atoms with Gasteiger partial charge in [-0.05, 0) is 68.9 Å². The van der Waals surface area contributed by atoms with E-state index < -0.39 is 16.0 Å². The number of halogens is 1. The van der Waals surface area contributed by atoms with E-state index in [4.69, 9.17) is 9.15 Å². The number of likely N-dealkylation sites (tertiary alicyclic amines) is 1. The Morgan fingerprint density at radius 3 is 2.59 bits per heavy atom. The van der Waals surface area contributed by atoms with E-state index >= 15 is 0 Å². The zero-order valence-corrected chi connectivity index (χ0v) is 19.9. The summed E-state index contributed by atoms with van der Waals surface area (Å²) < 4.78 is 50.8. The number of benzene rings is 1. The van der Waals surface area contributed by atoms with Crippen molar-refractivity contribution < 1.29 is 31.6 Å². The van der Waals surface area contributed by atoms with E-state index in [1.807, 2.05) is 11.0 Å². The predicted molar refractivity (Wildman–Crippen MR) is 121 cm³/mol. The maximum Gasteiger partial charge on any atom is 0.374 e. The van der Waals surface area contributed by atoms with Gasteiger partial charge in [0.15, 0.2) is 0 Å². The molecule has 0 N–H and O–H groups in total. The molecule has 184 valence electrons. The highest BCUT2D eigenvalue weighted by Gasteiger charge is 2.38. The van der Waals surface area contributed by atoms with E-state index in [0.29, 0.717) is 25.8 Å². The SMILES string of the molecule is CCOC(=O)c1ccc(S(=O)(=O)N2CCC(C(=O)N3CCCC3Cc3cccc(F)c3)CC2)o1. The van der Waals surface area contributed by atoms with Crippen LogP contribution in [0.4, 0.5) is 4.39 Å². The van der Waals surface area contributed by atoms with Crippen LogP contribution in [0, 0.1) is 11.7 Å². The number of piperidine rings is 1. The average Bonchev–Trinajstić information content (AvgIpc) is 3.49. The Kier molecular flexibility index (Phi) is 7.37. The van der Waals surface area contributed by atoms with Crippen LogP contribution in [0.1, 0.15) is 48.7 Å². The van der Waals surface area contributed by atoms with Crippen LogP contribution in [-0.2, 0) is 26.0 Å². The normalized spacial score (nSPS) is 19.9. The Labute approximate surface area is 198 Å².